The van der Waals surface area contributed by atoms with Crippen molar-refractivity contribution in [1.29, 1.82) is 0 Å². The van der Waals surface area contributed by atoms with Gasteiger partial charge in [-0.2, -0.15) is 0 Å². The van der Waals surface area contributed by atoms with Gasteiger partial charge in [-0.25, -0.2) is 4.98 Å². The highest BCUT2D eigenvalue weighted by Crippen LogP contribution is 2.21. The lowest BCUT2D eigenvalue weighted by atomic mass is 10.3. The van der Waals surface area contributed by atoms with Gasteiger partial charge in [-0.1, -0.05) is 15.9 Å². The van der Waals surface area contributed by atoms with Gasteiger partial charge < -0.3 is 15.4 Å². The highest BCUT2D eigenvalue weighted by molar-refractivity contribution is 9.10. The van der Waals surface area contributed by atoms with Crippen LogP contribution in [0, 0.1) is 0 Å². The number of nitrogens with zero attached hydrogens (tertiary/aromatic N) is 2. The predicted molar refractivity (Wildman–Crippen MR) is 67.3 cm³/mol. The summed E-state index contributed by atoms with van der Waals surface area (Å²) in [4.78, 5) is 4.52. The van der Waals surface area contributed by atoms with Gasteiger partial charge in [0.25, 0.3) is 0 Å². The first-order valence-corrected chi connectivity index (χ1v) is 6.01. The van der Waals surface area contributed by atoms with E-state index in [1.807, 2.05) is 22.8 Å². The smallest absolute Gasteiger partial charge is 0.111 e. The van der Waals surface area contributed by atoms with Gasteiger partial charge >= 0.3 is 0 Å². The zero-order valence-corrected chi connectivity index (χ0v) is 10.4. The number of rotatable bonds is 4. The highest BCUT2D eigenvalue weighted by Gasteiger charge is 2.09. The molecule has 86 valence electrons. The van der Waals surface area contributed by atoms with Crippen molar-refractivity contribution in [1.82, 2.24) is 9.55 Å². The van der Waals surface area contributed by atoms with Crippen LogP contribution in [0.25, 0.3) is 11.0 Å². The lowest BCUT2D eigenvalue weighted by molar-refractivity contribution is 0.276. The van der Waals surface area contributed by atoms with Crippen molar-refractivity contribution in [2.45, 2.75) is 13.0 Å². The third-order valence-corrected chi connectivity index (χ3v) is 2.97. The summed E-state index contributed by atoms with van der Waals surface area (Å²) in [5.41, 5.74) is 7.53. The van der Waals surface area contributed by atoms with Crippen molar-refractivity contribution in [3.05, 3.63) is 28.5 Å². The van der Waals surface area contributed by atoms with Crippen LogP contribution in [0.2, 0.25) is 0 Å². The van der Waals surface area contributed by atoms with Crippen LogP contribution in [0.1, 0.15) is 5.82 Å². The van der Waals surface area contributed by atoms with Gasteiger partial charge in [0.05, 0.1) is 17.6 Å². The molecule has 16 heavy (non-hydrogen) atoms. The number of aromatic nitrogens is 2. The Morgan fingerprint density at radius 2 is 2.25 bits per heavy atom. The fraction of sp³-hybridized carbons (Fsp3) is 0.364. The van der Waals surface area contributed by atoms with Crippen LogP contribution in [-0.4, -0.2) is 27.8 Å². The Morgan fingerprint density at radius 3 is 2.94 bits per heavy atom. The molecule has 4 nitrogen and oxygen atoms in total. The number of nitrogens with two attached hydrogens (primary N) is 1. The highest BCUT2D eigenvalue weighted by atomic mass is 79.9. The predicted octanol–water partition coefficient (Wildman–Crippen LogP) is 1.29. The molecule has 0 radical (unpaired) electrons. The van der Waals surface area contributed by atoms with Gasteiger partial charge in [0.2, 0.25) is 0 Å². The molecule has 0 aliphatic carbocycles. The van der Waals surface area contributed by atoms with Gasteiger partial charge in [-0.05, 0) is 24.7 Å². The standard InChI is InChI=1S/C11H14BrN3O/c12-8-1-2-10-9(7-8)14-11(3-4-13)15(10)5-6-16/h1-2,7,16H,3-6,13H2. The topological polar surface area (TPSA) is 64.1 Å². The number of hydrogen-bond acceptors (Lipinski definition) is 3. The maximum Gasteiger partial charge on any atom is 0.111 e. The number of hydrogen-bond donors (Lipinski definition) is 2. The van der Waals surface area contributed by atoms with Crippen LogP contribution < -0.4 is 5.73 Å². The van der Waals surface area contributed by atoms with E-state index in [1.165, 1.54) is 0 Å². The summed E-state index contributed by atoms with van der Waals surface area (Å²) in [6.07, 6.45) is 0.728. The molecule has 1 heterocycles. The fourth-order valence-corrected chi connectivity index (χ4v) is 2.17. The molecule has 2 aromatic rings. The number of benzene rings is 1. The van der Waals surface area contributed by atoms with Gasteiger partial charge in [0.15, 0.2) is 0 Å². The molecule has 1 aromatic carbocycles. The van der Waals surface area contributed by atoms with Crippen molar-refractivity contribution in [2.24, 2.45) is 5.73 Å². The minimum absolute atomic E-state index is 0.110. The Labute approximate surface area is 102 Å². The van der Waals surface area contributed by atoms with E-state index in [9.17, 15) is 0 Å². The molecule has 0 bridgehead atoms. The fourth-order valence-electron chi connectivity index (χ4n) is 1.82. The molecular formula is C11H14BrN3O. The maximum atomic E-state index is 9.06. The SMILES string of the molecule is NCCc1nc2cc(Br)ccc2n1CCO. The minimum atomic E-state index is 0.110. The molecule has 0 amide bonds. The molecule has 0 spiro atoms. The summed E-state index contributed by atoms with van der Waals surface area (Å²) >= 11 is 3.42. The molecule has 0 saturated carbocycles. The number of imidazole rings is 1. The molecule has 1 aromatic heterocycles. The van der Waals surface area contributed by atoms with E-state index in [0.717, 1.165) is 27.8 Å². The number of aliphatic hydroxyl groups is 1. The summed E-state index contributed by atoms with van der Waals surface area (Å²) in [5, 5.41) is 9.06. The Bertz CT molecular complexity index is 495. The van der Waals surface area contributed by atoms with Crippen LogP contribution in [0.15, 0.2) is 22.7 Å². The lowest BCUT2D eigenvalue weighted by Gasteiger charge is -2.05. The molecule has 0 atom stereocenters. The van der Waals surface area contributed by atoms with E-state index in [4.69, 9.17) is 10.8 Å². The second-order valence-electron chi connectivity index (χ2n) is 3.57. The minimum Gasteiger partial charge on any atom is -0.395 e. The number of fused-ring (bicyclic) bond motifs is 1. The molecule has 0 aliphatic heterocycles. The Morgan fingerprint density at radius 1 is 1.44 bits per heavy atom. The van der Waals surface area contributed by atoms with Gasteiger partial charge in [-0.3, -0.25) is 0 Å². The van der Waals surface area contributed by atoms with E-state index in [2.05, 4.69) is 20.9 Å². The Hall–Kier alpha value is -0.910. The average molecular weight is 284 g/mol. The molecular weight excluding hydrogens is 270 g/mol. The average Bonchev–Trinajstić information content (AvgIpc) is 2.57. The van der Waals surface area contributed by atoms with Gasteiger partial charge in [0, 0.05) is 17.4 Å². The first-order chi connectivity index (χ1) is 7.76. The molecule has 0 saturated heterocycles. The Kier molecular flexibility index (Phi) is 3.58. The molecule has 0 unspecified atom stereocenters. The monoisotopic (exact) mass is 283 g/mol. The Balaban J connectivity index is 2.56. The van der Waals surface area contributed by atoms with Crippen molar-refractivity contribution < 1.29 is 5.11 Å². The van der Waals surface area contributed by atoms with Crippen molar-refractivity contribution in [3.8, 4) is 0 Å². The van der Waals surface area contributed by atoms with E-state index < -0.39 is 0 Å². The second kappa shape index (κ2) is 4.95. The zero-order valence-electron chi connectivity index (χ0n) is 8.86. The number of halogens is 1. The summed E-state index contributed by atoms with van der Waals surface area (Å²) in [6, 6.07) is 5.95. The molecule has 5 heteroatoms. The van der Waals surface area contributed by atoms with E-state index in [0.29, 0.717) is 13.1 Å². The van der Waals surface area contributed by atoms with Crippen LogP contribution in [0.4, 0.5) is 0 Å². The molecule has 0 fully saturated rings. The van der Waals surface area contributed by atoms with Crippen molar-refractivity contribution >= 4 is 27.0 Å². The summed E-state index contributed by atoms with van der Waals surface area (Å²) in [5.74, 6) is 0.935. The van der Waals surface area contributed by atoms with Crippen molar-refractivity contribution in [2.75, 3.05) is 13.2 Å². The summed E-state index contributed by atoms with van der Waals surface area (Å²) < 4.78 is 3.03. The summed E-state index contributed by atoms with van der Waals surface area (Å²) in [7, 11) is 0. The maximum absolute atomic E-state index is 9.06. The van der Waals surface area contributed by atoms with Crippen LogP contribution in [0.5, 0.6) is 0 Å². The molecule has 3 N–H and O–H groups in total. The normalized spacial score (nSPS) is 11.2. The molecule has 0 aliphatic rings. The van der Waals surface area contributed by atoms with Crippen LogP contribution in [0.3, 0.4) is 0 Å². The largest absolute Gasteiger partial charge is 0.395 e. The van der Waals surface area contributed by atoms with E-state index >= 15 is 0 Å². The molecule has 2 rings (SSSR count). The zero-order chi connectivity index (χ0) is 11.5. The first-order valence-electron chi connectivity index (χ1n) is 5.22. The van der Waals surface area contributed by atoms with Crippen LogP contribution >= 0.6 is 15.9 Å². The third kappa shape index (κ3) is 2.11. The van der Waals surface area contributed by atoms with Gasteiger partial charge in [-0.15, -0.1) is 0 Å². The summed E-state index contributed by atoms with van der Waals surface area (Å²) in [6.45, 7) is 1.24. The second-order valence-corrected chi connectivity index (χ2v) is 4.49. The first kappa shape index (κ1) is 11.6. The van der Waals surface area contributed by atoms with E-state index in [1.54, 1.807) is 0 Å². The van der Waals surface area contributed by atoms with Crippen molar-refractivity contribution in [3.63, 3.8) is 0 Å². The van der Waals surface area contributed by atoms with E-state index in [-0.39, 0.29) is 6.61 Å². The lowest BCUT2D eigenvalue weighted by Crippen LogP contribution is -2.11. The number of aliphatic hydroxyl groups excluding tert-OH is 1. The van der Waals surface area contributed by atoms with Crippen LogP contribution in [-0.2, 0) is 13.0 Å². The quantitative estimate of drug-likeness (QED) is 0.889. The van der Waals surface area contributed by atoms with Gasteiger partial charge in [0.1, 0.15) is 5.82 Å². The third-order valence-electron chi connectivity index (χ3n) is 2.48.